The molecule has 0 aliphatic heterocycles. The second-order valence-corrected chi connectivity index (χ2v) is 19.4. The molecule has 0 bridgehead atoms. The molecule has 0 spiro atoms. The molecule has 0 N–H and O–H groups in total. The Bertz CT molecular complexity index is 797. The van der Waals surface area contributed by atoms with E-state index >= 15 is 0 Å². The van der Waals surface area contributed by atoms with Gasteiger partial charge in [-0.25, -0.2) is 0 Å². The molecule has 0 aromatic heterocycles. The summed E-state index contributed by atoms with van der Waals surface area (Å²) >= 11 is 7.19. The fourth-order valence-corrected chi connectivity index (χ4v) is 5.58. The van der Waals surface area contributed by atoms with Crippen molar-refractivity contribution in [1.82, 2.24) is 0 Å². The topological polar surface area (TPSA) is 17.1 Å². The third kappa shape index (κ3) is 4.03. The molecule has 3 aromatic rings. The minimum absolute atomic E-state index is 0.0550. The van der Waals surface area contributed by atoms with Gasteiger partial charge in [0.15, 0.2) is 0 Å². The fourth-order valence-electron chi connectivity index (χ4n) is 2.34. The number of carbonyl (C=O) groups is 1. The van der Waals surface area contributed by atoms with Crippen LogP contribution in [0, 0.1) is 0 Å². The van der Waals surface area contributed by atoms with Crippen LogP contribution in [0.25, 0.3) is 11.1 Å². The number of benzene rings is 3. The van der Waals surface area contributed by atoms with Crippen LogP contribution in [0.5, 0.6) is 0 Å². The first-order valence-corrected chi connectivity index (χ1v) is 16.8. The van der Waals surface area contributed by atoms with E-state index in [2.05, 4.69) is 40.0 Å². The van der Waals surface area contributed by atoms with E-state index in [0.717, 1.165) is 16.7 Å². The maximum atomic E-state index is 12.6. The van der Waals surface area contributed by atoms with Crippen molar-refractivity contribution in [1.29, 1.82) is 0 Å². The van der Waals surface area contributed by atoms with Gasteiger partial charge < -0.3 is 0 Å². The summed E-state index contributed by atoms with van der Waals surface area (Å²) in [7, 11) is -1.25. The summed E-state index contributed by atoms with van der Waals surface area (Å²) in [6, 6.07) is 25.8. The predicted octanol–water partition coefficient (Wildman–Crippen LogP) is 5.07. The first-order valence-electron chi connectivity index (χ1n) is 7.07. The van der Waals surface area contributed by atoms with Crippen molar-refractivity contribution in [3.63, 3.8) is 0 Å². The van der Waals surface area contributed by atoms with Crippen molar-refractivity contribution in [3.8, 4) is 11.1 Å². The molecule has 3 rings (SSSR count). The van der Waals surface area contributed by atoms with Crippen molar-refractivity contribution in [2.75, 3.05) is 0 Å². The van der Waals surface area contributed by atoms with Gasteiger partial charge in [-0.15, -0.1) is 0 Å². The number of rotatable bonds is 4. The Hall–Kier alpha value is -1.15. The van der Waals surface area contributed by atoms with Crippen LogP contribution >= 0.6 is 27.9 Å². The van der Waals surface area contributed by atoms with Crippen LogP contribution in [0.3, 0.4) is 0 Å². The van der Waals surface area contributed by atoms with Crippen molar-refractivity contribution in [2.24, 2.45) is 0 Å². The zero-order chi connectivity index (χ0) is 16.2. The summed E-state index contributed by atoms with van der Waals surface area (Å²) in [5.74, 6) is 0.0550. The number of hydrogen-bond acceptors (Lipinski definition) is 1. The fraction of sp³-hybridized carbons (Fsp3) is 0. The van der Waals surface area contributed by atoms with Crippen molar-refractivity contribution in [2.45, 2.75) is 0 Å². The van der Waals surface area contributed by atoms with Gasteiger partial charge in [-0.2, -0.15) is 0 Å². The van der Waals surface area contributed by atoms with Gasteiger partial charge in [0.05, 0.1) is 0 Å². The summed E-state index contributed by atoms with van der Waals surface area (Å²) in [4.78, 5) is 12.6. The summed E-state index contributed by atoms with van der Waals surface area (Å²) in [5.41, 5.74) is 3.70. The van der Waals surface area contributed by atoms with E-state index in [0.29, 0.717) is 5.56 Å². The molecule has 0 aliphatic carbocycles. The van der Waals surface area contributed by atoms with Crippen LogP contribution in [0.1, 0.15) is 15.9 Å². The molecule has 114 valence electrons. The first kappa shape index (κ1) is 16.7. The molecular weight excluding hydrogens is 479 g/mol. The molecule has 3 aromatic carbocycles. The van der Waals surface area contributed by atoms with Crippen LogP contribution in [0.15, 0.2) is 78.9 Å². The Morgan fingerprint density at radius 2 is 1.13 bits per heavy atom. The normalized spacial score (nSPS) is 10.7. The van der Waals surface area contributed by atoms with Crippen LogP contribution in [-0.4, -0.2) is 16.7 Å². The van der Waals surface area contributed by atoms with Crippen molar-refractivity contribution in [3.05, 3.63) is 90.0 Å². The van der Waals surface area contributed by atoms with E-state index in [-0.39, 0.29) is 5.78 Å². The Morgan fingerprint density at radius 3 is 1.65 bits per heavy atom. The van der Waals surface area contributed by atoms with Crippen LogP contribution < -0.4 is 4.35 Å². The summed E-state index contributed by atoms with van der Waals surface area (Å²) < 4.78 is 1.23. The number of hydrogen-bond donors (Lipinski definition) is 0. The van der Waals surface area contributed by atoms with Gasteiger partial charge in [-0.3, -0.25) is 0 Å². The molecule has 0 saturated heterocycles. The molecule has 0 radical (unpaired) electrons. The van der Waals surface area contributed by atoms with E-state index in [1.54, 1.807) is 0 Å². The molecule has 0 heterocycles. The minimum atomic E-state index is -1.25. The average Bonchev–Trinajstić information content (AvgIpc) is 2.62. The molecule has 0 atom stereocenters. The van der Waals surface area contributed by atoms with Crippen LogP contribution in [0.2, 0.25) is 0 Å². The Kier molecular flexibility index (Phi) is 5.53. The Morgan fingerprint density at radius 1 is 0.652 bits per heavy atom. The van der Waals surface area contributed by atoms with Gasteiger partial charge in [-0.05, 0) is 0 Å². The zero-order valence-electron chi connectivity index (χ0n) is 12.1. The van der Waals surface area contributed by atoms with Crippen LogP contribution in [-0.2, 0) is 0 Å². The van der Waals surface area contributed by atoms with E-state index in [4.69, 9.17) is 0 Å². The third-order valence-electron chi connectivity index (χ3n) is 3.58. The van der Waals surface area contributed by atoms with E-state index in [1.165, 1.54) is 4.35 Å². The number of carbonyl (C=O) groups excluding carboxylic acids is 1. The van der Waals surface area contributed by atoms with Crippen molar-refractivity contribution < 1.29 is 4.79 Å². The molecular formula is C19H13AsBr2O. The predicted molar refractivity (Wildman–Crippen MR) is 105 cm³/mol. The molecule has 0 fully saturated rings. The number of halogens is 2. The number of ketones is 1. The first-order chi connectivity index (χ1) is 11.1. The van der Waals surface area contributed by atoms with Gasteiger partial charge in [-0.1, -0.05) is 6.07 Å². The van der Waals surface area contributed by atoms with Crippen LogP contribution in [0.4, 0.5) is 0 Å². The Labute approximate surface area is 154 Å². The summed E-state index contributed by atoms with van der Waals surface area (Å²) in [6.07, 6.45) is 0. The molecule has 0 amide bonds. The third-order valence-corrected chi connectivity index (χ3v) is 9.28. The molecule has 0 aliphatic rings. The SMILES string of the molecule is O=C(c1ccc(-c2ccccc2)cc1)c1ccc([As](Br)Br)cc1. The zero-order valence-corrected chi connectivity index (χ0v) is 17.2. The average molecular weight is 492 g/mol. The quantitative estimate of drug-likeness (QED) is 0.368. The van der Waals surface area contributed by atoms with Gasteiger partial charge >= 0.3 is 149 Å². The van der Waals surface area contributed by atoms with Crippen molar-refractivity contribution >= 4 is 48.9 Å². The van der Waals surface area contributed by atoms with E-state index in [9.17, 15) is 4.79 Å². The van der Waals surface area contributed by atoms with Gasteiger partial charge in [0.2, 0.25) is 0 Å². The molecule has 0 unspecified atom stereocenters. The van der Waals surface area contributed by atoms with E-state index < -0.39 is 10.9 Å². The molecule has 4 heteroatoms. The summed E-state index contributed by atoms with van der Waals surface area (Å²) in [5, 5.41) is 0. The van der Waals surface area contributed by atoms with E-state index in [1.807, 2.05) is 66.7 Å². The molecule has 23 heavy (non-hydrogen) atoms. The molecule has 1 nitrogen and oxygen atoms in total. The maximum absolute atomic E-state index is 12.6. The Balaban J connectivity index is 1.83. The standard InChI is InChI=1S/C19H13AsBr2O/c21-20(22)18-12-10-17(11-13-18)19(23)16-8-6-15(7-9-16)14-4-2-1-3-5-14/h1-13H. The monoisotopic (exact) mass is 490 g/mol. The summed E-state index contributed by atoms with van der Waals surface area (Å²) in [6.45, 7) is 0. The second kappa shape index (κ2) is 7.61. The van der Waals surface area contributed by atoms with Gasteiger partial charge in [0.25, 0.3) is 0 Å². The van der Waals surface area contributed by atoms with Gasteiger partial charge in [0.1, 0.15) is 0 Å². The van der Waals surface area contributed by atoms with Gasteiger partial charge in [0, 0.05) is 0 Å². The second-order valence-electron chi connectivity index (χ2n) is 5.05. The molecule has 0 saturated carbocycles.